The van der Waals surface area contributed by atoms with Crippen molar-refractivity contribution in [1.29, 1.82) is 5.26 Å². The van der Waals surface area contributed by atoms with Crippen molar-refractivity contribution < 1.29 is 9.47 Å². The summed E-state index contributed by atoms with van der Waals surface area (Å²) >= 11 is 0. The molecule has 0 N–H and O–H groups in total. The Kier molecular flexibility index (Phi) is 1.66. The number of hydrogen-bond donors (Lipinski definition) is 0. The van der Waals surface area contributed by atoms with E-state index in [0.29, 0.717) is 13.2 Å². The van der Waals surface area contributed by atoms with Crippen molar-refractivity contribution in [3.63, 3.8) is 0 Å². The van der Waals surface area contributed by atoms with E-state index in [0.717, 1.165) is 5.56 Å². The van der Waals surface area contributed by atoms with E-state index in [2.05, 4.69) is 30.4 Å². The van der Waals surface area contributed by atoms with E-state index in [1.165, 1.54) is 5.56 Å². The minimum Gasteiger partial charge on any atom is -0.377 e. The number of hydrogen-bond acceptors (Lipinski definition) is 3. The van der Waals surface area contributed by atoms with Gasteiger partial charge in [-0.3, -0.25) is 0 Å². The summed E-state index contributed by atoms with van der Waals surface area (Å²) in [5.74, 6) is 0. The molecule has 0 amide bonds. The Labute approximate surface area is 117 Å². The second-order valence-corrected chi connectivity index (χ2v) is 6.11. The molecule has 6 rings (SSSR count). The molecule has 1 aromatic carbocycles. The van der Waals surface area contributed by atoms with E-state index < -0.39 is 11.0 Å². The fourth-order valence-corrected chi connectivity index (χ4v) is 4.33. The van der Waals surface area contributed by atoms with Gasteiger partial charge in [0.2, 0.25) is 0 Å². The van der Waals surface area contributed by atoms with Gasteiger partial charge in [-0.25, -0.2) is 0 Å². The smallest absolute Gasteiger partial charge is 0.130 e. The molecule has 5 aliphatic rings. The highest BCUT2D eigenvalue weighted by molar-refractivity contribution is 5.61. The standard InChI is InChI=1S/C17H13NO2/c18-9-15-7-8-16(13-4-2-1-3-12(13)15)10-19-11-17(16)6-5-14(15)20-17/h1-8,14H,10-11H2/t14-,15-,16+,17-/m1/s1. The van der Waals surface area contributed by atoms with E-state index in [1.54, 1.807) is 0 Å². The molecule has 1 saturated heterocycles. The Bertz CT molecular complexity index is 731. The first-order valence-corrected chi connectivity index (χ1v) is 6.93. The van der Waals surface area contributed by atoms with Crippen molar-refractivity contribution in [2.24, 2.45) is 0 Å². The van der Waals surface area contributed by atoms with Crippen LogP contribution >= 0.6 is 0 Å². The van der Waals surface area contributed by atoms with Crippen LogP contribution in [0.2, 0.25) is 0 Å². The van der Waals surface area contributed by atoms with Gasteiger partial charge in [-0.2, -0.15) is 5.26 Å². The number of rotatable bonds is 0. The van der Waals surface area contributed by atoms with Gasteiger partial charge >= 0.3 is 0 Å². The summed E-state index contributed by atoms with van der Waals surface area (Å²) in [7, 11) is 0. The third-order valence-corrected chi connectivity index (χ3v) is 5.40. The molecular formula is C17H13NO2. The topological polar surface area (TPSA) is 42.2 Å². The maximum Gasteiger partial charge on any atom is 0.130 e. The molecule has 0 radical (unpaired) electrons. The molecule has 0 unspecified atom stereocenters. The quantitative estimate of drug-likeness (QED) is 0.672. The number of ether oxygens (including phenoxy) is 2. The fourth-order valence-electron chi connectivity index (χ4n) is 4.33. The van der Waals surface area contributed by atoms with E-state index in [1.807, 2.05) is 24.3 Å². The van der Waals surface area contributed by atoms with Gasteiger partial charge in [-0.1, -0.05) is 48.6 Å². The normalized spacial score (nSPS) is 45.9. The monoisotopic (exact) mass is 263 g/mol. The van der Waals surface area contributed by atoms with Crippen molar-refractivity contribution in [2.45, 2.75) is 22.5 Å². The van der Waals surface area contributed by atoms with Crippen LogP contribution in [0.1, 0.15) is 11.1 Å². The van der Waals surface area contributed by atoms with Gasteiger partial charge < -0.3 is 9.47 Å². The average molecular weight is 263 g/mol. The van der Waals surface area contributed by atoms with Crippen LogP contribution in [0.5, 0.6) is 0 Å². The Hall–Kier alpha value is -1.89. The van der Waals surface area contributed by atoms with Gasteiger partial charge in [0.25, 0.3) is 0 Å². The molecule has 1 aliphatic carbocycles. The number of benzene rings is 1. The predicted octanol–water partition coefficient (Wildman–Crippen LogP) is 1.99. The minimum atomic E-state index is -0.702. The molecule has 4 atom stereocenters. The van der Waals surface area contributed by atoms with Crippen LogP contribution in [0.15, 0.2) is 48.6 Å². The number of nitriles is 1. The Morgan fingerprint density at radius 3 is 2.80 bits per heavy atom. The average Bonchev–Trinajstić information content (AvgIpc) is 3.03. The zero-order valence-electron chi connectivity index (χ0n) is 10.9. The molecule has 3 nitrogen and oxygen atoms in total. The summed E-state index contributed by atoms with van der Waals surface area (Å²) in [6.45, 7) is 1.17. The van der Waals surface area contributed by atoms with Crippen LogP contribution in [0.3, 0.4) is 0 Å². The third-order valence-electron chi connectivity index (χ3n) is 5.40. The van der Waals surface area contributed by atoms with Gasteiger partial charge in [0.1, 0.15) is 17.1 Å². The predicted molar refractivity (Wildman–Crippen MR) is 72.1 cm³/mol. The highest BCUT2D eigenvalue weighted by atomic mass is 16.6. The first-order chi connectivity index (χ1) is 9.76. The molecule has 4 aliphatic heterocycles. The number of nitrogens with zero attached hydrogens (tertiary/aromatic N) is 1. The maximum atomic E-state index is 9.87. The van der Waals surface area contributed by atoms with E-state index in [4.69, 9.17) is 9.47 Å². The first kappa shape index (κ1) is 10.8. The second kappa shape index (κ2) is 3.06. The SMILES string of the molecule is N#C[C@@]12C=C[C@]3(COC[C@]34C=C[C@H]1O4)c1ccccc12. The van der Waals surface area contributed by atoms with E-state index in [9.17, 15) is 5.26 Å². The van der Waals surface area contributed by atoms with Crippen LogP contribution in [0, 0.1) is 11.3 Å². The van der Waals surface area contributed by atoms with Gasteiger partial charge in [0.15, 0.2) is 0 Å². The zero-order chi connectivity index (χ0) is 13.4. The molecule has 0 saturated carbocycles. The Morgan fingerprint density at radius 1 is 1.10 bits per heavy atom. The van der Waals surface area contributed by atoms with Crippen molar-refractivity contribution in [1.82, 2.24) is 0 Å². The molecule has 2 spiro atoms. The lowest BCUT2D eigenvalue weighted by molar-refractivity contribution is -0.0503. The molecule has 4 heterocycles. The molecule has 0 aromatic heterocycles. The summed E-state index contributed by atoms with van der Waals surface area (Å²) in [6.07, 6.45) is 8.15. The summed E-state index contributed by atoms with van der Waals surface area (Å²) in [6, 6.07) is 10.7. The lowest BCUT2D eigenvalue weighted by atomic mass is 9.59. The Morgan fingerprint density at radius 2 is 1.95 bits per heavy atom. The second-order valence-electron chi connectivity index (χ2n) is 6.11. The van der Waals surface area contributed by atoms with Crippen molar-refractivity contribution in [3.05, 3.63) is 59.7 Å². The highest BCUT2D eigenvalue weighted by Gasteiger charge is 2.66. The van der Waals surface area contributed by atoms with Crippen LogP contribution < -0.4 is 0 Å². The van der Waals surface area contributed by atoms with Crippen LogP contribution in [-0.2, 0) is 20.3 Å². The molecular weight excluding hydrogens is 250 g/mol. The molecule has 20 heavy (non-hydrogen) atoms. The van der Waals surface area contributed by atoms with Crippen LogP contribution in [0.25, 0.3) is 0 Å². The molecule has 4 bridgehead atoms. The molecule has 1 aromatic rings. The first-order valence-electron chi connectivity index (χ1n) is 6.93. The highest BCUT2D eigenvalue weighted by Crippen LogP contribution is 2.59. The molecule has 3 heteroatoms. The van der Waals surface area contributed by atoms with Gasteiger partial charge in [0.05, 0.1) is 24.7 Å². The molecule has 1 fully saturated rings. The molecule has 98 valence electrons. The summed E-state index contributed by atoms with van der Waals surface area (Å²) in [5.41, 5.74) is 0.831. The van der Waals surface area contributed by atoms with Gasteiger partial charge in [-0.15, -0.1) is 0 Å². The van der Waals surface area contributed by atoms with Crippen LogP contribution in [-0.4, -0.2) is 24.9 Å². The Balaban J connectivity index is 1.96. The van der Waals surface area contributed by atoms with Gasteiger partial charge in [0, 0.05) is 0 Å². The van der Waals surface area contributed by atoms with Crippen molar-refractivity contribution >= 4 is 0 Å². The largest absolute Gasteiger partial charge is 0.377 e. The lowest BCUT2D eigenvalue weighted by Gasteiger charge is -2.40. The van der Waals surface area contributed by atoms with Crippen molar-refractivity contribution in [2.75, 3.05) is 13.2 Å². The lowest BCUT2D eigenvalue weighted by Crippen LogP contribution is -2.48. The third kappa shape index (κ3) is 0.868. The summed E-state index contributed by atoms with van der Waals surface area (Å²) in [4.78, 5) is 0. The van der Waals surface area contributed by atoms with E-state index in [-0.39, 0.29) is 11.5 Å². The fraction of sp³-hybridized carbons (Fsp3) is 0.353. The zero-order valence-corrected chi connectivity index (χ0v) is 10.9. The van der Waals surface area contributed by atoms with E-state index >= 15 is 0 Å². The van der Waals surface area contributed by atoms with Crippen molar-refractivity contribution in [3.8, 4) is 6.07 Å². The van der Waals surface area contributed by atoms with Gasteiger partial charge in [-0.05, 0) is 11.1 Å². The van der Waals surface area contributed by atoms with Crippen LogP contribution in [0.4, 0.5) is 0 Å². The summed E-state index contributed by atoms with van der Waals surface area (Å²) < 4.78 is 12.2. The maximum absolute atomic E-state index is 9.87. The summed E-state index contributed by atoms with van der Waals surface area (Å²) in [5, 5.41) is 9.87. The minimum absolute atomic E-state index is 0.226.